The number of ether oxygens (including phenoxy) is 1. The first-order valence-corrected chi connectivity index (χ1v) is 13.4. The second kappa shape index (κ2) is 7.88. The van der Waals surface area contributed by atoms with Crippen molar-refractivity contribution in [2.45, 2.75) is 52.4 Å². The van der Waals surface area contributed by atoms with E-state index in [9.17, 15) is 0 Å². The van der Waals surface area contributed by atoms with Gasteiger partial charge in [0.25, 0.3) is 0 Å². The number of fused-ring (bicyclic) bond motifs is 6. The third-order valence-electron chi connectivity index (χ3n) is 6.74. The van der Waals surface area contributed by atoms with Gasteiger partial charge in [0.15, 0.2) is 0 Å². The van der Waals surface area contributed by atoms with Crippen LogP contribution in [0.4, 0.5) is 0 Å². The highest BCUT2D eigenvalue weighted by Gasteiger charge is 2.31. The molecular formula is C28H28OS2. The highest BCUT2D eigenvalue weighted by molar-refractivity contribution is 7.17. The molecule has 0 radical (unpaired) electrons. The molecule has 158 valence electrons. The monoisotopic (exact) mass is 444 g/mol. The zero-order valence-electron chi connectivity index (χ0n) is 18.3. The maximum atomic E-state index is 5.53. The fourth-order valence-electron chi connectivity index (χ4n) is 5.30. The lowest BCUT2D eigenvalue weighted by Crippen LogP contribution is -1.94. The van der Waals surface area contributed by atoms with E-state index in [0.717, 1.165) is 26.1 Å². The Bertz CT molecular complexity index is 1210. The van der Waals surface area contributed by atoms with E-state index in [1.54, 1.807) is 4.88 Å². The van der Waals surface area contributed by atoms with Crippen molar-refractivity contribution >= 4 is 33.4 Å². The van der Waals surface area contributed by atoms with Crippen molar-refractivity contribution in [3.63, 3.8) is 0 Å². The Labute approximate surface area is 192 Å². The maximum absolute atomic E-state index is 5.53. The van der Waals surface area contributed by atoms with Gasteiger partial charge in [0, 0.05) is 55.0 Å². The SMILES string of the molecule is CCCCCc1cc2c(s1)-c1ccc3c4c(ccc-2c14)-c1sc(CCCOCC)cc1-3. The lowest BCUT2D eigenvalue weighted by Gasteiger charge is -2.07. The van der Waals surface area contributed by atoms with Crippen LogP contribution in [0.25, 0.3) is 53.9 Å². The summed E-state index contributed by atoms with van der Waals surface area (Å²) in [4.78, 5) is 6.01. The second-order valence-electron chi connectivity index (χ2n) is 8.74. The van der Waals surface area contributed by atoms with E-state index in [0.29, 0.717) is 0 Å². The molecule has 2 aromatic carbocycles. The summed E-state index contributed by atoms with van der Waals surface area (Å²) in [5.74, 6) is 0. The Morgan fingerprint density at radius 2 is 1.19 bits per heavy atom. The van der Waals surface area contributed by atoms with Crippen LogP contribution in [0.3, 0.4) is 0 Å². The Morgan fingerprint density at radius 1 is 0.645 bits per heavy atom. The van der Waals surface area contributed by atoms with Crippen molar-refractivity contribution in [3.05, 3.63) is 46.2 Å². The van der Waals surface area contributed by atoms with Crippen LogP contribution in [0.5, 0.6) is 0 Å². The first-order chi connectivity index (χ1) is 15.3. The van der Waals surface area contributed by atoms with Gasteiger partial charge in [0.2, 0.25) is 0 Å². The summed E-state index contributed by atoms with van der Waals surface area (Å²) in [6, 6.07) is 14.5. The van der Waals surface area contributed by atoms with E-state index in [1.807, 2.05) is 22.7 Å². The zero-order valence-corrected chi connectivity index (χ0v) is 20.0. The maximum Gasteiger partial charge on any atom is 0.0469 e. The third-order valence-corrected chi connectivity index (χ3v) is 9.20. The molecule has 0 atom stereocenters. The van der Waals surface area contributed by atoms with Gasteiger partial charge in [-0.25, -0.2) is 0 Å². The average molecular weight is 445 g/mol. The molecule has 0 saturated carbocycles. The lowest BCUT2D eigenvalue weighted by atomic mass is 9.98. The van der Waals surface area contributed by atoms with Crippen LogP contribution in [0, 0.1) is 0 Å². The molecule has 0 aliphatic heterocycles. The lowest BCUT2D eigenvalue weighted by molar-refractivity contribution is 0.145. The molecule has 0 spiro atoms. The predicted octanol–water partition coefficient (Wildman–Crippen LogP) is 8.96. The quantitative estimate of drug-likeness (QED) is 0.202. The Balaban J connectivity index is 1.36. The van der Waals surface area contributed by atoms with E-state index < -0.39 is 0 Å². The Kier molecular flexibility index (Phi) is 5.01. The van der Waals surface area contributed by atoms with Crippen LogP contribution in [-0.4, -0.2) is 13.2 Å². The summed E-state index contributed by atoms with van der Waals surface area (Å²) >= 11 is 4.01. The molecule has 2 aliphatic carbocycles. The van der Waals surface area contributed by atoms with Gasteiger partial charge in [0.05, 0.1) is 0 Å². The number of thiophene rings is 2. The van der Waals surface area contributed by atoms with Crippen molar-refractivity contribution < 1.29 is 4.74 Å². The normalized spacial score (nSPS) is 12.7. The Hall–Kier alpha value is -1.94. The number of benzene rings is 2. The standard InChI is InChI=1S/C28H28OS2/c1-3-5-6-8-17-15-23-19-10-13-22-26-20(11-12-21(25(19)26)27(23)30-17)24-16-18(31-28(22)24)9-7-14-29-4-2/h10-13,15-16H,3-9,14H2,1-2H3. The molecule has 1 nitrogen and oxygen atoms in total. The van der Waals surface area contributed by atoms with Gasteiger partial charge in [-0.3, -0.25) is 0 Å². The molecule has 0 bridgehead atoms. The van der Waals surface area contributed by atoms with E-state index in [4.69, 9.17) is 4.74 Å². The minimum atomic E-state index is 0.812. The molecule has 4 aromatic rings. The minimum absolute atomic E-state index is 0.812. The molecule has 0 unspecified atom stereocenters. The van der Waals surface area contributed by atoms with Crippen LogP contribution >= 0.6 is 22.7 Å². The summed E-state index contributed by atoms with van der Waals surface area (Å²) in [7, 11) is 0. The molecule has 0 N–H and O–H groups in total. The van der Waals surface area contributed by atoms with Gasteiger partial charge >= 0.3 is 0 Å². The van der Waals surface area contributed by atoms with Crippen LogP contribution in [0.2, 0.25) is 0 Å². The highest BCUT2D eigenvalue weighted by atomic mass is 32.1. The van der Waals surface area contributed by atoms with Gasteiger partial charge in [-0.05, 0) is 66.6 Å². The number of hydrogen-bond donors (Lipinski definition) is 0. The van der Waals surface area contributed by atoms with Gasteiger partial charge in [-0.1, -0.05) is 44.0 Å². The fourth-order valence-corrected chi connectivity index (χ4v) is 7.78. The van der Waals surface area contributed by atoms with Crippen LogP contribution in [-0.2, 0) is 17.6 Å². The summed E-state index contributed by atoms with van der Waals surface area (Å²) in [5, 5.41) is 2.99. The largest absolute Gasteiger partial charge is 0.382 e. The van der Waals surface area contributed by atoms with Gasteiger partial charge in [-0.15, -0.1) is 22.7 Å². The topological polar surface area (TPSA) is 9.23 Å². The fraction of sp³-hybridized carbons (Fsp3) is 0.357. The third kappa shape index (κ3) is 3.05. The number of rotatable bonds is 9. The van der Waals surface area contributed by atoms with Crippen LogP contribution < -0.4 is 0 Å². The van der Waals surface area contributed by atoms with Crippen LogP contribution in [0.1, 0.15) is 49.3 Å². The smallest absolute Gasteiger partial charge is 0.0469 e. The molecule has 3 heteroatoms. The molecule has 6 rings (SSSR count). The Morgan fingerprint density at radius 3 is 1.74 bits per heavy atom. The first kappa shape index (κ1) is 19.7. The number of aryl methyl sites for hydroxylation is 2. The van der Waals surface area contributed by atoms with E-state index in [2.05, 4.69) is 50.2 Å². The molecular weight excluding hydrogens is 416 g/mol. The first-order valence-electron chi connectivity index (χ1n) is 11.7. The predicted molar refractivity (Wildman–Crippen MR) is 137 cm³/mol. The van der Waals surface area contributed by atoms with Gasteiger partial charge in [-0.2, -0.15) is 0 Å². The average Bonchev–Trinajstić information content (AvgIpc) is 3.51. The number of hydrogen-bond acceptors (Lipinski definition) is 3. The molecule has 31 heavy (non-hydrogen) atoms. The van der Waals surface area contributed by atoms with Crippen molar-refractivity contribution in [3.8, 4) is 43.1 Å². The molecule has 2 heterocycles. The van der Waals surface area contributed by atoms with Crippen LogP contribution in [0.15, 0.2) is 36.4 Å². The minimum Gasteiger partial charge on any atom is -0.382 e. The summed E-state index contributed by atoms with van der Waals surface area (Å²) < 4.78 is 5.53. The van der Waals surface area contributed by atoms with E-state index in [1.165, 1.54) is 84.5 Å². The van der Waals surface area contributed by atoms with E-state index in [-0.39, 0.29) is 0 Å². The summed E-state index contributed by atoms with van der Waals surface area (Å²) in [6.45, 7) is 6.02. The molecule has 0 amide bonds. The highest BCUT2D eigenvalue weighted by Crippen LogP contribution is 2.59. The second-order valence-corrected chi connectivity index (χ2v) is 11.0. The molecule has 2 aromatic heterocycles. The van der Waals surface area contributed by atoms with Crippen molar-refractivity contribution in [2.24, 2.45) is 0 Å². The van der Waals surface area contributed by atoms with Crippen molar-refractivity contribution in [2.75, 3.05) is 13.2 Å². The summed E-state index contributed by atoms with van der Waals surface area (Å²) in [6.07, 6.45) is 7.37. The van der Waals surface area contributed by atoms with E-state index >= 15 is 0 Å². The molecule has 0 saturated heterocycles. The molecule has 0 fully saturated rings. The van der Waals surface area contributed by atoms with Crippen molar-refractivity contribution in [1.82, 2.24) is 0 Å². The van der Waals surface area contributed by atoms with Gasteiger partial charge < -0.3 is 4.74 Å². The summed E-state index contributed by atoms with van der Waals surface area (Å²) in [5.41, 5.74) is 8.73. The zero-order chi connectivity index (χ0) is 20.9. The van der Waals surface area contributed by atoms with Gasteiger partial charge in [0.1, 0.15) is 0 Å². The number of unbranched alkanes of at least 4 members (excludes halogenated alkanes) is 2. The van der Waals surface area contributed by atoms with Crippen molar-refractivity contribution in [1.29, 1.82) is 0 Å². The molecule has 2 aliphatic rings.